The minimum Gasteiger partial charge on any atom is -0.498 e. The lowest BCUT2D eigenvalue weighted by atomic mass is 10.1. The van der Waals surface area contributed by atoms with Crippen molar-refractivity contribution in [2.24, 2.45) is 0 Å². The van der Waals surface area contributed by atoms with Gasteiger partial charge < -0.3 is 18.9 Å². The van der Waals surface area contributed by atoms with Gasteiger partial charge in [0.1, 0.15) is 24.7 Å². The number of hydrogen-bond donors (Lipinski definition) is 0. The van der Waals surface area contributed by atoms with Crippen LogP contribution in [0.1, 0.15) is 0 Å². The van der Waals surface area contributed by atoms with Crippen molar-refractivity contribution >= 4 is 0 Å². The molecule has 2 rings (SSSR count). The van der Waals surface area contributed by atoms with E-state index >= 15 is 0 Å². The van der Waals surface area contributed by atoms with Crippen LogP contribution in [-0.2, 0) is 9.47 Å². The Morgan fingerprint density at radius 3 is 1.88 bits per heavy atom. The fourth-order valence-electron chi connectivity index (χ4n) is 2.02. The molecule has 0 heterocycles. The molecule has 0 amide bonds. The molecule has 0 aliphatic carbocycles. The van der Waals surface area contributed by atoms with E-state index in [0.29, 0.717) is 19.8 Å². The van der Waals surface area contributed by atoms with Crippen molar-refractivity contribution in [3.05, 3.63) is 74.0 Å². The van der Waals surface area contributed by atoms with E-state index in [-0.39, 0.29) is 6.79 Å². The summed E-state index contributed by atoms with van der Waals surface area (Å²) in [5.41, 5.74) is 2.22. The lowest BCUT2D eigenvalue weighted by Crippen LogP contribution is -2.03. The van der Waals surface area contributed by atoms with Gasteiger partial charge in [0.15, 0.2) is 6.79 Å². The van der Waals surface area contributed by atoms with Gasteiger partial charge in [-0.2, -0.15) is 0 Å². The van der Waals surface area contributed by atoms with E-state index in [0.717, 1.165) is 22.6 Å². The summed E-state index contributed by atoms with van der Waals surface area (Å²) >= 11 is 0. The van der Waals surface area contributed by atoms with Crippen molar-refractivity contribution in [3.8, 4) is 22.6 Å². The molecule has 0 atom stereocenters. The van der Waals surface area contributed by atoms with Gasteiger partial charge >= 0.3 is 0 Å². The fourth-order valence-corrected chi connectivity index (χ4v) is 2.02. The smallest absolute Gasteiger partial charge is 0.189 e. The van der Waals surface area contributed by atoms with E-state index in [2.05, 4.69) is 13.2 Å². The molecular weight excluding hydrogens is 304 g/mol. The SMILES string of the molecule is C=CCOCOc1ccc(-c2ccc(OCCOC=C)cc2)cc1. The average Bonchev–Trinajstić information content (AvgIpc) is 2.64. The molecular formula is C20H22O4. The molecule has 0 saturated carbocycles. The molecule has 0 bridgehead atoms. The van der Waals surface area contributed by atoms with Crippen molar-refractivity contribution < 1.29 is 18.9 Å². The van der Waals surface area contributed by atoms with Crippen LogP contribution in [0, 0.1) is 0 Å². The summed E-state index contributed by atoms with van der Waals surface area (Å²) in [6, 6.07) is 15.8. The van der Waals surface area contributed by atoms with Crippen LogP contribution in [-0.4, -0.2) is 26.6 Å². The van der Waals surface area contributed by atoms with Gasteiger partial charge in [0.25, 0.3) is 0 Å². The molecule has 0 N–H and O–H groups in total. The topological polar surface area (TPSA) is 36.9 Å². The summed E-state index contributed by atoms with van der Waals surface area (Å²) < 4.78 is 21.2. The minimum atomic E-state index is 0.215. The summed E-state index contributed by atoms with van der Waals surface area (Å²) in [5, 5.41) is 0. The van der Waals surface area contributed by atoms with Crippen LogP contribution in [0.2, 0.25) is 0 Å². The molecule has 2 aromatic rings. The molecule has 4 heteroatoms. The normalized spacial score (nSPS) is 10.0. The van der Waals surface area contributed by atoms with Crippen LogP contribution in [0.5, 0.6) is 11.5 Å². The summed E-state index contributed by atoms with van der Waals surface area (Å²) in [6.45, 7) is 8.74. The maximum atomic E-state index is 5.57. The van der Waals surface area contributed by atoms with Gasteiger partial charge in [0.2, 0.25) is 0 Å². The highest BCUT2D eigenvalue weighted by atomic mass is 16.7. The zero-order valence-electron chi connectivity index (χ0n) is 13.6. The van der Waals surface area contributed by atoms with Gasteiger partial charge in [0.05, 0.1) is 12.9 Å². The lowest BCUT2D eigenvalue weighted by molar-refractivity contribution is 0.0307. The summed E-state index contributed by atoms with van der Waals surface area (Å²) in [6.07, 6.45) is 3.09. The number of ether oxygens (including phenoxy) is 4. The van der Waals surface area contributed by atoms with Gasteiger partial charge in [-0.3, -0.25) is 0 Å². The third-order valence-corrected chi connectivity index (χ3v) is 3.17. The monoisotopic (exact) mass is 326 g/mol. The molecule has 126 valence electrons. The average molecular weight is 326 g/mol. The Kier molecular flexibility index (Phi) is 7.44. The van der Waals surface area contributed by atoms with E-state index < -0.39 is 0 Å². The van der Waals surface area contributed by atoms with Crippen molar-refractivity contribution in [2.75, 3.05) is 26.6 Å². The van der Waals surface area contributed by atoms with Crippen molar-refractivity contribution in [1.29, 1.82) is 0 Å². The molecule has 0 aromatic heterocycles. The molecule has 0 unspecified atom stereocenters. The summed E-state index contributed by atoms with van der Waals surface area (Å²) in [4.78, 5) is 0. The van der Waals surface area contributed by atoms with Crippen LogP contribution < -0.4 is 9.47 Å². The third-order valence-electron chi connectivity index (χ3n) is 3.17. The fraction of sp³-hybridized carbons (Fsp3) is 0.200. The molecule has 0 saturated heterocycles. The maximum absolute atomic E-state index is 5.57. The Balaban J connectivity index is 1.86. The van der Waals surface area contributed by atoms with Gasteiger partial charge in [-0.15, -0.1) is 6.58 Å². The Bertz CT molecular complexity index is 560. The first kappa shape index (κ1) is 17.6. The molecule has 0 aliphatic heterocycles. The van der Waals surface area contributed by atoms with Crippen molar-refractivity contribution in [2.45, 2.75) is 0 Å². The van der Waals surface area contributed by atoms with E-state index in [1.54, 1.807) is 6.08 Å². The van der Waals surface area contributed by atoms with Crippen LogP contribution >= 0.6 is 0 Å². The Morgan fingerprint density at radius 2 is 1.33 bits per heavy atom. The van der Waals surface area contributed by atoms with Gasteiger partial charge in [-0.05, 0) is 35.4 Å². The first-order chi connectivity index (χ1) is 11.8. The summed E-state index contributed by atoms with van der Waals surface area (Å²) in [7, 11) is 0. The number of rotatable bonds is 11. The van der Waals surface area contributed by atoms with Gasteiger partial charge in [0, 0.05) is 0 Å². The second-order valence-corrected chi connectivity index (χ2v) is 4.86. The first-order valence-electron chi connectivity index (χ1n) is 7.70. The first-order valence-corrected chi connectivity index (χ1v) is 7.70. The van der Waals surface area contributed by atoms with E-state index in [4.69, 9.17) is 18.9 Å². The zero-order valence-corrected chi connectivity index (χ0v) is 13.6. The third kappa shape index (κ3) is 5.82. The largest absolute Gasteiger partial charge is 0.498 e. The number of hydrogen-bond acceptors (Lipinski definition) is 4. The van der Waals surface area contributed by atoms with Crippen LogP contribution in [0.15, 0.2) is 74.0 Å². The molecule has 0 spiro atoms. The standard InChI is InChI=1S/C20H22O4/c1-3-13-22-16-24-20-11-7-18(8-12-20)17-5-9-19(10-6-17)23-15-14-21-4-2/h3-12H,1-2,13-16H2. The predicted molar refractivity (Wildman–Crippen MR) is 95.2 cm³/mol. The highest BCUT2D eigenvalue weighted by Crippen LogP contribution is 2.24. The predicted octanol–water partition coefficient (Wildman–Crippen LogP) is 4.43. The molecule has 4 nitrogen and oxygen atoms in total. The summed E-state index contributed by atoms with van der Waals surface area (Å²) in [5.74, 6) is 1.58. The highest BCUT2D eigenvalue weighted by molar-refractivity contribution is 5.64. The van der Waals surface area contributed by atoms with Gasteiger partial charge in [-0.1, -0.05) is 36.9 Å². The van der Waals surface area contributed by atoms with Crippen LogP contribution in [0.4, 0.5) is 0 Å². The van der Waals surface area contributed by atoms with E-state index in [1.807, 2.05) is 48.5 Å². The van der Waals surface area contributed by atoms with E-state index in [1.165, 1.54) is 6.26 Å². The molecule has 0 radical (unpaired) electrons. The molecule has 0 fully saturated rings. The van der Waals surface area contributed by atoms with Crippen molar-refractivity contribution in [1.82, 2.24) is 0 Å². The van der Waals surface area contributed by atoms with E-state index in [9.17, 15) is 0 Å². The van der Waals surface area contributed by atoms with Crippen LogP contribution in [0.3, 0.4) is 0 Å². The van der Waals surface area contributed by atoms with Crippen LogP contribution in [0.25, 0.3) is 11.1 Å². The Morgan fingerprint density at radius 1 is 0.750 bits per heavy atom. The van der Waals surface area contributed by atoms with Gasteiger partial charge in [-0.25, -0.2) is 0 Å². The number of benzene rings is 2. The maximum Gasteiger partial charge on any atom is 0.189 e. The highest BCUT2D eigenvalue weighted by Gasteiger charge is 2.00. The quantitative estimate of drug-likeness (QED) is 0.265. The molecule has 2 aromatic carbocycles. The zero-order chi connectivity index (χ0) is 17.0. The molecule has 24 heavy (non-hydrogen) atoms. The minimum absolute atomic E-state index is 0.215. The Hall–Kier alpha value is -2.72. The second kappa shape index (κ2) is 10.1. The lowest BCUT2D eigenvalue weighted by Gasteiger charge is -2.09. The Labute approximate surface area is 142 Å². The molecule has 0 aliphatic rings. The second-order valence-electron chi connectivity index (χ2n) is 4.86. The van der Waals surface area contributed by atoms with Crippen molar-refractivity contribution in [3.63, 3.8) is 0 Å².